The SMILES string of the molecule is CC1CCN(CC(=O)N[C@@H](c2ccc3c(c2)OCCCO3)C(C)C)CC1. The Hall–Kier alpha value is -1.75. The molecule has 2 heterocycles. The van der Waals surface area contributed by atoms with Gasteiger partial charge in [-0.3, -0.25) is 9.69 Å². The van der Waals surface area contributed by atoms with Crippen LogP contribution < -0.4 is 14.8 Å². The van der Waals surface area contributed by atoms with E-state index in [9.17, 15) is 4.79 Å². The Bertz CT molecular complexity index is 609. The van der Waals surface area contributed by atoms with E-state index in [0.717, 1.165) is 42.5 Å². The molecular formula is C21H32N2O3. The molecule has 1 saturated heterocycles. The number of carbonyl (C=O) groups is 1. The Morgan fingerprint density at radius 1 is 1.19 bits per heavy atom. The number of carbonyl (C=O) groups excluding carboxylic acids is 1. The standard InChI is InChI=1S/C21H32N2O3/c1-15(2)21(22-20(24)14-23-9-7-16(3)8-10-23)17-5-6-18-19(13-17)26-12-4-11-25-18/h5-6,13,15-16,21H,4,7-12,14H2,1-3H3,(H,22,24)/t21-/m1/s1. The fourth-order valence-corrected chi connectivity index (χ4v) is 3.65. The minimum absolute atomic E-state index is 0.0247. The van der Waals surface area contributed by atoms with Crippen LogP contribution in [0.25, 0.3) is 0 Å². The quantitative estimate of drug-likeness (QED) is 0.874. The molecule has 0 aromatic heterocycles. The third-order valence-corrected chi connectivity index (χ3v) is 5.36. The molecule has 1 aromatic rings. The van der Waals surface area contributed by atoms with Gasteiger partial charge in [-0.15, -0.1) is 0 Å². The molecule has 1 amide bonds. The predicted octanol–water partition coefficient (Wildman–Crippen LogP) is 3.39. The molecule has 0 spiro atoms. The summed E-state index contributed by atoms with van der Waals surface area (Å²) in [7, 11) is 0. The largest absolute Gasteiger partial charge is 0.490 e. The molecule has 1 N–H and O–H groups in total. The third-order valence-electron chi connectivity index (χ3n) is 5.36. The number of amides is 1. The average Bonchev–Trinajstić information content (AvgIpc) is 2.86. The van der Waals surface area contributed by atoms with Crippen LogP contribution in [0.3, 0.4) is 0 Å². The van der Waals surface area contributed by atoms with Crippen molar-refractivity contribution in [3.05, 3.63) is 23.8 Å². The summed E-state index contributed by atoms with van der Waals surface area (Å²) in [5.41, 5.74) is 1.07. The van der Waals surface area contributed by atoms with Crippen LogP contribution >= 0.6 is 0 Å². The summed E-state index contributed by atoms with van der Waals surface area (Å²) in [6, 6.07) is 6.00. The first kappa shape index (κ1) is 19.0. The Kier molecular flexibility index (Phi) is 6.41. The Morgan fingerprint density at radius 3 is 2.58 bits per heavy atom. The van der Waals surface area contributed by atoms with Crippen LogP contribution in [0.15, 0.2) is 18.2 Å². The number of nitrogens with one attached hydrogen (secondary N) is 1. The first-order valence-corrected chi connectivity index (χ1v) is 9.94. The average molecular weight is 360 g/mol. The number of rotatable bonds is 5. The highest BCUT2D eigenvalue weighted by Crippen LogP contribution is 2.34. The van der Waals surface area contributed by atoms with Gasteiger partial charge in [-0.05, 0) is 55.5 Å². The van der Waals surface area contributed by atoms with Crippen LogP contribution in [0, 0.1) is 11.8 Å². The van der Waals surface area contributed by atoms with Crippen LogP contribution in [0.4, 0.5) is 0 Å². The smallest absolute Gasteiger partial charge is 0.234 e. The minimum atomic E-state index is -0.0247. The summed E-state index contributed by atoms with van der Waals surface area (Å²) >= 11 is 0. The molecule has 2 aliphatic rings. The zero-order chi connectivity index (χ0) is 18.5. The van der Waals surface area contributed by atoms with Gasteiger partial charge in [0.15, 0.2) is 11.5 Å². The van der Waals surface area contributed by atoms with E-state index in [4.69, 9.17) is 9.47 Å². The van der Waals surface area contributed by atoms with Crippen molar-refractivity contribution in [1.82, 2.24) is 10.2 Å². The first-order valence-electron chi connectivity index (χ1n) is 9.94. The third kappa shape index (κ3) is 4.91. The van der Waals surface area contributed by atoms with Gasteiger partial charge in [0.2, 0.25) is 5.91 Å². The van der Waals surface area contributed by atoms with Gasteiger partial charge in [0, 0.05) is 6.42 Å². The zero-order valence-corrected chi connectivity index (χ0v) is 16.3. The minimum Gasteiger partial charge on any atom is -0.490 e. The number of ether oxygens (including phenoxy) is 2. The summed E-state index contributed by atoms with van der Waals surface area (Å²) in [6.07, 6.45) is 3.26. The lowest BCUT2D eigenvalue weighted by Crippen LogP contribution is -2.43. The van der Waals surface area contributed by atoms with Crippen molar-refractivity contribution in [3.63, 3.8) is 0 Å². The molecule has 0 saturated carbocycles. The maximum Gasteiger partial charge on any atom is 0.234 e. The monoisotopic (exact) mass is 360 g/mol. The molecule has 0 unspecified atom stereocenters. The van der Waals surface area contributed by atoms with Gasteiger partial charge in [0.05, 0.1) is 25.8 Å². The maximum atomic E-state index is 12.6. The lowest BCUT2D eigenvalue weighted by molar-refractivity contribution is -0.123. The van der Waals surface area contributed by atoms with Crippen molar-refractivity contribution in [2.24, 2.45) is 11.8 Å². The predicted molar refractivity (Wildman–Crippen MR) is 103 cm³/mol. The molecule has 3 rings (SSSR count). The van der Waals surface area contributed by atoms with Crippen molar-refractivity contribution in [2.45, 2.75) is 46.1 Å². The topological polar surface area (TPSA) is 50.8 Å². The van der Waals surface area contributed by atoms with Crippen molar-refractivity contribution >= 4 is 5.91 Å². The number of fused-ring (bicyclic) bond motifs is 1. The molecule has 5 heteroatoms. The fourth-order valence-electron chi connectivity index (χ4n) is 3.65. The van der Waals surface area contributed by atoms with Gasteiger partial charge in [-0.25, -0.2) is 0 Å². The van der Waals surface area contributed by atoms with Gasteiger partial charge in [0.1, 0.15) is 0 Å². The van der Waals surface area contributed by atoms with Gasteiger partial charge in [-0.2, -0.15) is 0 Å². The molecule has 26 heavy (non-hydrogen) atoms. The lowest BCUT2D eigenvalue weighted by Gasteiger charge is -2.31. The highest BCUT2D eigenvalue weighted by Gasteiger charge is 2.23. The molecule has 0 radical (unpaired) electrons. The number of hydrogen-bond donors (Lipinski definition) is 1. The highest BCUT2D eigenvalue weighted by molar-refractivity contribution is 5.78. The Balaban J connectivity index is 1.65. The number of likely N-dealkylation sites (tertiary alicyclic amines) is 1. The Morgan fingerprint density at radius 2 is 1.88 bits per heavy atom. The van der Waals surface area contributed by atoms with E-state index in [1.165, 1.54) is 12.8 Å². The van der Waals surface area contributed by atoms with E-state index < -0.39 is 0 Å². The molecule has 0 bridgehead atoms. The molecule has 0 aliphatic carbocycles. The van der Waals surface area contributed by atoms with Crippen molar-refractivity contribution < 1.29 is 14.3 Å². The van der Waals surface area contributed by atoms with Gasteiger partial charge < -0.3 is 14.8 Å². The zero-order valence-electron chi connectivity index (χ0n) is 16.3. The normalized spacial score (nSPS) is 19.8. The second-order valence-electron chi connectivity index (χ2n) is 8.00. The van der Waals surface area contributed by atoms with Crippen LogP contribution in [-0.2, 0) is 4.79 Å². The molecule has 1 fully saturated rings. The number of benzene rings is 1. The van der Waals surface area contributed by atoms with Crippen molar-refractivity contribution in [3.8, 4) is 11.5 Å². The second-order valence-corrected chi connectivity index (χ2v) is 8.00. The number of nitrogens with zero attached hydrogens (tertiary/aromatic N) is 1. The van der Waals surface area contributed by atoms with Crippen molar-refractivity contribution in [1.29, 1.82) is 0 Å². The van der Waals surface area contributed by atoms with Gasteiger partial charge in [-0.1, -0.05) is 26.8 Å². The van der Waals surface area contributed by atoms with Gasteiger partial charge in [0.25, 0.3) is 0 Å². The van der Waals surface area contributed by atoms with Crippen molar-refractivity contribution in [2.75, 3.05) is 32.8 Å². The van der Waals surface area contributed by atoms with E-state index in [1.807, 2.05) is 18.2 Å². The van der Waals surface area contributed by atoms with E-state index in [1.54, 1.807) is 0 Å². The van der Waals surface area contributed by atoms with E-state index in [0.29, 0.717) is 25.7 Å². The van der Waals surface area contributed by atoms with Crippen LogP contribution in [0.2, 0.25) is 0 Å². The lowest BCUT2D eigenvalue weighted by atomic mass is 9.95. The molecule has 144 valence electrons. The summed E-state index contributed by atoms with van der Waals surface area (Å²) in [4.78, 5) is 14.9. The maximum absolute atomic E-state index is 12.6. The van der Waals surface area contributed by atoms with Gasteiger partial charge >= 0.3 is 0 Å². The summed E-state index contributed by atoms with van der Waals surface area (Å²) in [6.45, 7) is 10.4. The fraction of sp³-hybridized carbons (Fsp3) is 0.667. The molecule has 5 nitrogen and oxygen atoms in total. The summed E-state index contributed by atoms with van der Waals surface area (Å²) < 4.78 is 11.5. The molecule has 1 aromatic carbocycles. The van der Waals surface area contributed by atoms with E-state index >= 15 is 0 Å². The second kappa shape index (κ2) is 8.76. The van der Waals surface area contributed by atoms with E-state index in [-0.39, 0.29) is 11.9 Å². The molecule has 1 atom stereocenters. The van der Waals surface area contributed by atoms with Crippen LogP contribution in [0.1, 0.15) is 51.6 Å². The molecular weight excluding hydrogens is 328 g/mol. The summed E-state index contributed by atoms with van der Waals surface area (Å²) in [5.74, 6) is 2.75. The number of piperidine rings is 1. The Labute approximate surface area is 157 Å². The van der Waals surface area contributed by atoms with Crippen LogP contribution in [-0.4, -0.2) is 43.7 Å². The highest BCUT2D eigenvalue weighted by atomic mass is 16.5. The molecule has 2 aliphatic heterocycles. The van der Waals surface area contributed by atoms with Crippen LogP contribution in [0.5, 0.6) is 11.5 Å². The first-order chi connectivity index (χ1) is 12.5. The summed E-state index contributed by atoms with van der Waals surface area (Å²) in [5, 5.41) is 3.24. The van der Waals surface area contributed by atoms with E-state index in [2.05, 4.69) is 31.0 Å². The number of hydrogen-bond acceptors (Lipinski definition) is 4.